The molecule has 5 nitrogen and oxygen atoms in total. The molecule has 1 saturated heterocycles. The lowest BCUT2D eigenvalue weighted by atomic mass is 10.1. The molecular weight excluding hydrogens is 436 g/mol. The lowest BCUT2D eigenvalue weighted by molar-refractivity contribution is 0.122. The molecule has 0 aliphatic carbocycles. The summed E-state index contributed by atoms with van der Waals surface area (Å²) in [5.41, 5.74) is 5.53. The molecule has 4 rings (SSSR count). The van der Waals surface area contributed by atoms with E-state index in [2.05, 4.69) is 47.5 Å². The van der Waals surface area contributed by atoms with Crippen molar-refractivity contribution in [2.24, 2.45) is 0 Å². The number of hydrogen-bond acceptors (Lipinski definition) is 5. The first kappa shape index (κ1) is 23.3. The Morgan fingerprint density at radius 2 is 1.79 bits per heavy atom. The van der Waals surface area contributed by atoms with Gasteiger partial charge in [-0.05, 0) is 60.9 Å². The molecule has 1 heterocycles. The number of rotatable bonds is 9. The molecule has 0 aromatic heterocycles. The minimum atomic E-state index is 0.512. The molecule has 0 radical (unpaired) electrons. The minimum absolute atomic E-state index is 0.512. The quantitative estimate of drug-likeness (QED) is 0.414. The maximum atomic E-state index is 6.57. The highest BCUT2D eigenvalue weighted by atomic mass is 35.5. The summed E-state index contributed by atoms with van der Waals surface area (Å²) in [6.07, 6.45) is 0. The van der Waals surface area contributed by atoms with Crippen molar-refractivity contribution in [2.45, 2.75) is 27.0 Å². The second kappa shape index (κ2) is 11.3. The van der Waals surface area contributed by atoms with E-state index in [4.69, 9.17) is 25.8 Å². The van der Waals surface area contributed by atoms with Gasteiger partial charge in [0, 0.05) is 25.3 Å². The van der Waals surface area contributed by atoms with Gasteiger partial charge in [-0.2, -0.15) is 0 Å². The summed E-state index contributed by atoms with van der Waals surface area (Å²) in [6.45, 7) is 9.03. The number of halogens is 1. The Balaban J connectivity index is 1.40. The van der Waals surface area contributed by atoms with E-state index in [0.29, 0.717) is 19.8 Å². The zero-order chi connectivity index (χ0) is 23.0. The summed E-state index contributed by atoms with van der Waals surface area (Å²) >= 11 is 6.57. The van der Waals surface area contributed by atoms with Crippen molar-refractivity contribution in [3.05, 3.63) is 82.4 Å². The maximum absolute atomic E-state index is 6.57. The van der Waals surface area contributed by atoms with Crippen LogP contribution in [0.15, 0.2) is 60.7 Å². The van der Waals surface area contributed by atoms with Crippen LogP contribution in [0.3, 0.4) is 0 Å². The number of nitrogens with zero attached hydrogens (tertiary/aromatic N) is 1. The fourth-order valence-electron chi connectivity index (χ4n) is 3.86. The molecular formula is C27H31ClN2O3. The van der Waals surface area contributed by atoms with Crippen LogP contribution in [-0.2, 0) is 17.9 Å². The van der Waals surface area contributed by atoms with Gasteiger partial charge in [0.05, 0.1) is 30.5 Å². The van der Waals surface area contributed by atoms with Gasteiger partial charge >= 0.3 is 0 Å². The number of benzene rings is 3. The van der Waals surface area contributed by atoms with E-state index in [1.165, 1.54) is 11.1 Å². The molecule has 1 fully saturated rings. The highest BCUT2D eigenvalue weighted by Crippen LogP contribution is 2.32. The van der Waals surface area contributed by atoms with Crippen LogP contribution in [-0.4, -0.2) is 32.9 Å². The normalized spacial score (nSPS) is 13.6. The van der Waals surface area contributed by atoms with Gasteiger partial charge in [0.15, 0.2) is 11.5 Å². The Labute approximate surface area is 201 Å². The van der Waals surface area contributed by atoms with Gasteiger partial charge in [0.2, 0.25) is 0 Å². The van der Waals surface area contributed by atoms with Crippen LogP contribution < -0.4 is 19.7 Å². The topological polar surface area (TPSA) is 43.0 Å². The third-order valence-electron chi connectivity index (χ3n) is 5.75. The average molecular weight is 467 g/mol. The van der Waals surface area contributed by atoms with Gasteiger partial charge in [-0.15, -0.1) is 0 Å². The number of morpholine rings is 1. The van der Waals surface area contributed by atoms with Crippen LogP contribution in [0, 0.1) is 6.92 Å². The van der Waals surface area contributed by atoms with E-state index >= 15 is 0 Å². The Morgan fingerprint density at radius 3 is 2.55 bits per heavy atom. The number of ether oxygens (including phenoxy) is 3. The molecule has 1 aliphatic heterocycles. The number of hydrogen-bond donors (Lipinski definition) is 1. The Hall–Kier alpha value is -2.89. The van der Waals surface area contributed by atoms with Crippen molar-refractivity contribution >= 4 is 23.0 Å². The van der Waals surface area contributed by atoms with Gasteiger partial charge in [0.1, 0.15) is 6.61 Å². The molecule has 3 aromatic carbocycles. The fraction of sp³-hybridized carbons (Fsp3) is 0.333. The maximum Gasteiger partial charge on any atom is 0.161 e. The first-order valence-electron chi connectivity index (χ1n) is 11.4. The minimum Gasteiger partial charge on any atom is -0.490 e. The van der Waals surface area contributed by atoms with Gasteiger partial charge in [0.25, 0.3) is 0 Å². The monoisotopic (exact) mass is 466 g/mol. The third-order valence-corrected chi connectivity index (χ3v) is 6.05. The number of aryl methyl sites for hydroxylation is 1. The van der Waals surface area contributed by atoms with Crippen molar-refractivity contribution in [3.63, 3.8) is 0 Å². The zero-order valence-corrected chi connectivity index (χ0v) is 20.0. The largest absolute Gasteiger partial charge is 0.490 e. The molecule has 174 valence electrons. The molecule has 0 spiro atoms. The van der Waals surface area contributed by atoms with Gasteiger partial charge in [-0.25, -0.2) is 0 Å². The summed E-state index contributed by atoms with van der Waals surface area (Å²) in [7, 11) is 0. The number of nitrogens with one attached hydrogen (secondary N) is 1. The molecule has 0 bridgehead atoms. The second-order valence-corrected chi connectivity index (χ2v) is 8.46. The third kappa shape index (κ3) is 6.12. The smallest absolute Gasteiger partial charge is 0.161 e. The summed E-state index contributed by atoms with van der Waals surface area (Å²) in [4.78, 5) is 2.26. The summed E-state index contributed by atoms with van der Waals surface area (Å²) in [5.74, 6) is 1.51. The highest BCUT2D eigenvalue weighted by molar-refractivity contribution is 6.33. The van der Waals surface area contributed by atoms with Crippen LogP contribution in [0.1, 0.15) is 23.6 Å². The Morgan fingerprint density at radius 1 is 0.970 bits per heavy atom. The molecule has 0 amide bonds. The van der Waals surface area contributed by atoms with Crippen molar-refractivity contribution in [2.75, 3.05) is 43.1 Å². The Bertz CT molecular complexity index is 1070. The van der Waals surface area contributed by atoms with Crippen LogP contribution in [0.25, 0.3) is 0 Å². The first-order chi connectivity index (χ1) is 16.1. The van der Waals surface area contributed by atoms with E-state index in [-0.39, 0.29) is 0 Å². The van der Waals surface area contributed by atoms with Crippen LogP contribution in [0.5, 0.6) is 11.5 Å². The van der Waals surface area contributed by atoms with Crippen LogP contribution >= 0.6 is 11.6 Å². The molecule has 1 N–H and O–H groups in total. The summed E-state index contributed by atoms with van der Waals surface area (Å²) < 4.78 is 17.4. The van der Waals surface area contributed by atoms with E-state index in [1.54, 1.807) is 0 Å². The van der Waals surface area contributed by atoms with Crippen molar-refractivity contribution in [3.8, 4) is 11.5 Å². The zero-order valence-electron chi connectivity index (χ0n) is 19.3. The van der Waals surface area contributed by atoms with Gasteiger partial charge in [-0.1, -0.05) is 41.9 Å². The van der Waals surface area contributed by atoms with Crippen LogP contribution in [0.4, 0.5) is 11.4 Å². The lowest BCUT2D eigenvalue weighted by Crippen LogP contribution is -2.36. The first-order valence-corrected chi connectivity index (χ1v) is 11.8. The van der Waals surface area contributed by atoms with E-state index in [1.807, 2.05) is 37.3 Å². The van der Waals surface area contributed by atoms with E-state index in [9.17, 15) is 0 Å². The molecule has 0 saturated carbocycles. The van der Waals surface area contributed by atoms with Crippen molar-refractivity contribution in [1.82, 2.24) is 0 Å². The average Bonchev–Trinajstić information content (AvgIpc) is 2.84. The Kier molecular flexibility index (Phi) is 7.97. The lowest BCUT2D eigenvalue weighted by Gasteiger charge is -2.29. The summed E-state index contributed by atoms with van der Waals surface area (Å²) in [6, 6.07) is 20.5. The predicted octanol–water partition coefficient (Wildman–Crippen LogP) is 6.07. The molecule has 6 heteroatoms. The molecule has 1 aliphatic rings. The molecule has 3 aromatic rings. The van der Waals surface area contributed by atoms with Crippen LogP contribution in [0.2, 0.25) is 5.02 Å². The molecule has 0 unspecified atom stereocenters. The molecule has 33 heavy (non-hydrogen) atoms. The summed E-state index contributed by atoms with van der Waals surface area (Å²) in [5, 5.41) is 4.21. The number of anilines is 2. The second-order valence-electron chi connectivity index (χ2n) is 8.05. The SMILES string of the molecule is CCOc1cc(CNc2ccc(N3CCOCC3)c(Cl)c2)ccc1OCc1ccccc1C. The van der Waals surface area contributed by atoms with Crippen molar-refractivity contribution < 1.29 is 14.2 Å². The highest BCUT2D eigenvalue weighted by Gasteiger charge is 2.14. The molecule has 0 atom stereocenters. The fourth-order valence-corrected chi connectivity index (χ4v) is 4.16. The van der Waals surface area contributed by atoms with E-state index < -0.39 is 0 Å². The van der Waals surface area contributed by atoms with Crippen molar-refractivity contribution in [1.29, 1.82) is 0 Å². The standard InChI is InChI=1S/C27H31ClN2O3/c1-3-32-27-16-21(8-11-26(27)33-19-22-7-5-4-6-20(22)2)18-29-23-9-10-25(24(28)17-23)30-12-14-31-15-13-30/h4-11,16-17,29H,3,12-15,18-19H2,1-2H3. The van der Waals surface area contributed by atoms with E-state index in [0.717, 1.165) is 59.8 Å². The van der Waals surface area contributed by atoms with Gasteiger partial charge < -0.3 is 24.4 Å². The van der Waals surface area contributed by atoms with Gasteiger partial charge in [-0.3, -0.25) is 0 Å². The predicted molar refractivity (Wildman–Crippen MR) is 135 cm³/mol.